The van der Waals surface area contributed by atoms with E-state index in [9.17, 15) is 8.42 Å². The summed E-state index contributed by atoms with van der Waals surface area (Å²) in [5.74, 6) is 2.50. The zero-order valence-electron chi connectivity index (χ0n) is 13.9. The van der Waals surface area contributed by atoms with Crippen molar-refractivity contribution < 1.29 is 8.42 Å². The maximum Gasteiger partial charge on any atom is 0.198 e. The van der Waals surface area contributed by atoms with Gasteiger partial charge >= 0.3 is 0 Å². The molecule has 0 spiro atoms. The van der Waals surface area contributed by atoms with Crippen molar-refractivity contribution >= 4 is 22.1 Å². The molecule has 2 saturated heterocycles. The van der Waals surface area contributed by atoms with Gasteiger partial charge in [0.2, 0.25) is 0 Å². The van der Waals surface area contributed by atoms with Gasteiger partial charge in [-0.25, -0.2) is 13.1 Å². The quantitative estimate of drug-likeness (QED) is 0.766. The zero-order chi connectivity index (χ0) is 16.6. The predicted octanol–water partition coefficient (Wildman–Crippen LogP) is 1.62. The molecule has 1 atom stereocenters. The van der Waals surface area contributed by atoms with Gasteiger partial charge in [-0.1, -0.05) is 6.92 Å². The molecule has 0 unspecified atom stereocenters. The first-order chi connectivity index (χ1) is 10.8. The minimum absolute atomic E-state index is 0.180. The van der Waals surface area contributed by atoms with E-state index in [1.165, 1.54) is 12.8 Å². The van der Waals surface area contributed by atoms with Crippen LogP contribution in [0.3, 0.4) is 0 Å². The average molecular weight is 359 g/mol. The molecule has 2 aliphatic heterocycles. The van der Waals surface area contributed by atoms with E-state index < -0.39 is 9.84 Å². The Labute approximate surface area is 143 Å². The van der Waals surface area contributed by atoms with Gasteiger partial charge in [-0.15, -0.1) is 0 Å². The molecule has 0 aromatic carbocycles. The molecule has 0 saturated carbocycles. The van der Waals surface area contributed by atoms with E-state index >= 15 is 0 Å². The van der Waals surface area contributed by atoms with Crippen LogP contribution in [0.15, 0.2) is 0 Å². The summed E-state index contributed by atoms with van der Waals surface area (Å²) < 4.78 is 27.8. The summed E-state index contributed by atoms with van der Waals surface area (Å²) in [6.45, 7) is 5.23. The molecule has 0 radical (unpaired) electrons. The minimum atomic E-state index is -2.84. The lowest BCUT2D eigenvalue weighted by atomic mass is 10.00. The van der Waals surface area contributed by atoms with Crippen LogP contribution in [0.2, 0.25) is 0 Å². The van der Waals surface area contributed by atoms with Crippen LogP contribution >= 0.6 is 12.2 Å². The lowest BCUT2D eigenvalue weighted by molar-refractivity contribution is 0.145. The Bertz CT molecular complexity index is 714. The maximum absolute atomic E-state index is 11.6. The number of piperidine rings is 1. The highest BCUT2D eigenvalue weighted by molar-refractivity contribution is 7.91. The number of nitrogens with zero attached hydrogens (tertiary/aromatic N) is 4. The highest BCUT2D eigenvalue weighted by Gasteiger charge is 2.29. The van der Waals surface area contributed by atoms with Crippen LogP contribution in [-0.2, 0) is 30.0 Å². The molecule has 1 aromatic rings. The Morgan fingerprint density at radius 3 is 2.57 bits per heavy atom. The third-order valence-corrected chi connectivity index (χ3v) is 7.46. The van der Waals surface area contributed by atoms with E-state index in [1.807, 2.05) is 16.3 Å². The van der Waals surface area contributed by atoms with E-state index in [-0.39, 0.29) is 11.7 Å². The third-order valence-electron chi connectivity index (χ3n) is 5.14. The molecule has 3 heterocycles. The second-order valence-electron chi connectivity index (χ2n) is 7.17. The Morgan fingerprint density at radius 2 is 1.96 bits per heavy atom. The highest BCUT2D eigenvalue weighted by Crippen LogP contribution is 2.22. The van der Waals surface area contributed by atoms with Crippen LogP contribution in [0.1, 0.15) is 32.0 Å². The number of sulfone groups is 1. The van der Waals surface area contributed by atoms with Crippen LogP contribution in [0, 0.1) is 16.6 Å². The van der Waals surface area contributed by atoms with E-state index in [0.29, 0.717) is 12.2 Å². The van der Waals surface area contributed by atoms with E-state index in [2.05, 4.69) is 16.9 Å². The summed E-state index contributed by atoms with van der Waals surface area (Å²) >= 11 is 5.51. The van der Waals surface area contributed by atoms with Crippen LogP contribution in [0.5, 0.6) is 0 Å². The first-order valence-corrected chi connectivity index (χ1v) is 10.6. The van der Waals surface area contributed by atoms with Gasteiger partial charge in [0.1, 0.15) is 5.82 Å². The summed E-state index contributed by atoms with van der Waals surface area (Å²) in [7, 11) is -0.904. The van der Waals surface area contributed by atoms with Crippen LogP contribution in [0.25, 0.3) is 0 Å². The van der Waals surface area contributed by atoms with Crippen LogP contribution in [0.4, 0.5) is 0 Å². The van der Waals surface area contributed by atoms with Crippen molar-refractivity contribution in [1.82, 2.24) is 19.2 Å². The van der Waals surface area contributed by atoms with Gasteiger partial charge in [0.25, 0.3) is 0 Å². The van der Waals surface area contributed by atoms with Crippen molar-refractivity contribution in [2.45, 2.75) is 39.3 Å². The molecule has 2 aliphatic rings. The molecular weight excluding hydrogens is 332 g/mol. The lowest BCUT2D eigenvalue weighted by Gasteiger charge is -2.29. The molecule has 23 heavy (non-hydrogen) atoms. The van der Waals surface area contributed by atoms with Gasteiger partial charge < -0.3 is 4.57 Å². The van der Waals surface area contributed by atoms with Crippen LogP contribution in [-0.4, -0.2) is 52.3 Å². The third kappa shape index (κ3) is 4.03. The number of likely N-dealkylation sites (tertiary alicyclic amines) is 1. The van der Waals surface area contributed by atoms with Crippen molar-refractivity contribution in [3.63, 3.8) is 0 Å². The molecular formula is C15H26N4O2S2. The Morgan fingerprint density at radius 1 is 1.26 bits per heavy atom. The second-order valence-corrected chi connectivity index (χ2v) is 9.77. The van der Waals surface area contributed by atoms with E-state index in [0.717, 1.165) is 42.7 Å². The first kappa shape index (κ1) is 17.1. The van der Waals surface area contributed by atoms with Gasteiger partial charge in [0.05, 0.1) is 18.2 Å². The minimum Gasteiger partial charge on any atom is -0.307 e. The Hall–Kier alpha value is -0.730. The molecule has 3 rings (SSSR count). The fraction of sp³-hybridized carbons (Fsp3) is 0.867. The molecule has 0 amide bonds. The normalized spacial score (nSPS) is 25.9. The fourth-order valence-corrected chi connectivity index (χ4v) is 5.55. The molecule has 0 N–H and O–H groups in total. The van der Waals surface area contributed by atoms with Gasteiger partial charge in [-0.2, -0.15) is 5.10 Å². The monoisotopic (exact) mass is 358 g/mol. The topological polar surface area (TPSA) is 60.1 Å². The molecule has 1 aromatic heterocycles. The summed E-state index contributed by atoms with van der Waals surface area (Å²) in [6.07, 6.45) is 3.90. The molecule has 2 fully saturated rings. The van der Waals surface area contributed by atoms with Gasteiger partial charge in [-0.3, -0.25) is 4.90 Å². The average Bonchev–Trinajstić information content (AvgIpc) is 2.96. The molecule has 0 aliphatic carbocycles. The zero-order valence-corrected chi connectivity index (χ0v) is 15.6. The Kier molecular flexibility index (Phi) is 4.94. The highest BCUT2D eigenvalue weighted by atomic mass is 32.2. The van der Waals surface area contributed by atoms with Gasteiger partial charge in [0.15, 0.2) is 14.6 Å². The van der Waals surface area contributed by atoms with Crippen molar-refractivity contribution in [2.75, 3.05) is 24.6 Å². The smallest absolute Gasteiger partial charge is 0.198 e. The van der Waals surface area contributed by atoms with E-state index in [4.69, 9.17) is 12.2 Å². The molecule has 8 heteroatoms. The standard InChI is InChI=1S/C15H26N4O2S2/c1-12-3-6-18(7-4-12)11-19-15(22)17(2)14(16-19)9-13-5-8-23(20,21)10-13/h12-13H,3-11H2,1-2H3/t13-/m0/s1. The van der Waals surface area contributed by atoms with Crippen molar-refractivity contribution in [3.8, 4) is 0 Å². The number of hydrogen-bond acceptors (Lipinski definition) is 5. The summed E-state index contributed by atoms with van der Waals surface area (Å²) in [4.78, 5) is 2.40. The summed E-state index contributed by atoms with van der Waals surface area (Å²) in [6, 6.07) is 0. The number of rotatable bonds is 4. The maximum atomic E-state index is 11.6. The van der Waals surface area contributed by atoms with Crippen molar-refractivity contribution in [3.05, 3.63) is 10.6 Å². The summed E-state index contributed by atoms with van der Waals surface area (Å²) in [5, 5.41) is 4.67. The van der Waals surface area contributed by atoms with Crippen molar-refractivity contribution in [2.24, 2.45) is 18.9 Å². The van der Waals surface area contributed by atoms with Gasteiger partial charge in [0, 0.05) is 26.6 Å². The first-order valence-electron chi connectivity index (χ1n) is 8.39. The second kappa shape index (κ2) is 6.64. The van der Waals surface area contributed by atoms with Gasteiger partial charge in [-0.05, 0) is 43.3 Å². The number of aromatic nitrogens is 3. The SMILES string of the molecule is CC1CCN(Cn2nc(C[C@@H]3CCS(=O)(=O)C3)n(C)c2=S)CC1. The van der Waals surface area contributed by atoms with E-state index in [1.54, 1.807) is 0 Å². The fourth-order valence-electron chi connectivity index (χ4n) is 3.49. The number of hydrogen-bond donors (Lipinski definition) is 0. The van der Waals surface area contributed by atoms with Crippen LogP contribution < -0.4 is 0 Å². The molecule has 130 valence electrons. The largest absolute Gasteiger partial charge is 0.307 e. The predicted molar refractivity (Wildman–Crippen MR) is 92.5 cm³/mol. The lowest BCUT2D eigenvalue weighted by Crippen LogP contribution is -2.34. The molecule has 0 bridgehead atoms. The Balaban J connectivity index is 1.68. The molecule has 6 nitrogen and oxygen atoms in total. The van der Waals surface area contributed by atoms with Crippen molar-refractivity contribution in [1.29, 1.82) is 0 Å². The summed E-state index contributed by atoms with van der Waals surface area (Å²) in [5.41, 5.74) is 0.